The number of hydrogen-bond acceptors (Lipinski definition) is 0. The van der Waals surface area contributed by atoms with Crippen molar-refractivity contribution in [2.45, 2.75) is 57.6 Å². The molecule has 0 amide bonds. The van der Waals surface area contributed by atoms with E-state index < -0.39 is 53.9 Å². The summed E-state index contributed by atoms with van der Waals surface area (Å²) >= 11 is 145. The Kier molecular flexibility index (Phi) is 31.5. The van der Waals surface area contributed by atoms with Crippen molar-refractivity contribution >= 4 is 589 Å². The van der Waals surface area contributed by atoms with Crippen LogP contribution in [0.3, 0.4) is 0 Å². The summed E-state index contributed by atoms with van der Waals surface area (Å²) in [6.45, 7) is 0. The fraction of sp³-hybridized carbons (Fsp3) is 1.00. The van der Waals surface area contributed by atoms with Gasteiger partial charge in [-0.2, -0.15) is 0 Å². The van der Waals surface area contributed by atoms with Crippen molar-refractivity contribution in [1.82, 2.24) is 0 Å². The highest BCUT2D eigenvalue weighted by Gasteiger charge is 2.84. The number of hydrogen-bond donors (Lipinski definition) is 0. The van der Waals surface area contributed by atoms with Crippen molar-refractivity contribution < 1.29 is 0 Å². The van der Waals surface area contributed by atoms with Crippen molar-refractivity contribution in [2.24, 2.45) is 0 Å². The molecule has 0 radical (unpaired) electrons. The SMILES string of the molecule is BrC(Br)C(Br)(Br)C(Br)(Br)C(Br)(Br)C(Br)(Br)C(Br)(Br)C(Br)(Br)C(Br)(Br)C(Br)(Br)C(Br)(Br)C(Br)(Br)C(Br)(Br)C(Br)(Br)C(Br)(Br)C(Br)(Br)C(Br)(Br)C(Br)(Br)C(Br)(Br)Br. The van der Waals surface area contributed by atoms with Crippen LogP contribution in [0.4, 0.5) is 0 Å². The predicted octanol–water partition coefficient (Wildman–Crippen LogP) is 27.7. The molecular weight excluding hydrogens is 3170 g/mol. The molecule has 0 saturated heterocycles. The monoisotopic (exact) mass is 3140 g/mol. The lowest BCUT2D eigenvalue weighted by atomic mass is 10.0. The van der Waals surface area contributed by atoms with Gasteiger partial charge in [0.2, 0.25) is 0 Å². The van der Waals surface area contributed by atoms with Gasteiger partial charge in [-0.25, -0.2) is 0 Å². The van der Waals surface area contributed by atoms with E-state index in [1.807, 2.05) is 0 Å². The van der Waals surface area contributed by atoms with Crippen LogP contribution >= 0.6 is 589 Å². The highest BCUT2D eigenvalue weighted by molar-refractivity contribution is 9.43. The van der Waals surface area contributed by atoms with Crippen molar-refractivity contribution in [1.29, 1.82) is 0 Å². The van der Waals surface area contributed by atoms with Gasteiger partial charge in [0, 0.05) is 0 Å². The highest BCUT2D eigenvalue weighted by atomic mass is 80.0. The van der Waals surface area contributed by atoms with E-state index in [-0.39, 0.29) is 3.74 Å². The van der Waals surface area contributed by atoms with Crippen LogP contribution in [-0.4, -0.2) is 57.6 Å². The Morgan fingerprint density at radius 1 is 0.164 bits per heavy atom. The van der Waals surface area contributed by atoms with E-state index in [1.54, 1.807) is 0 Å². The Hall–Kier alpha value is 17.8. The maximum Gasteiger partial charge on any atom is 0.162 e. The van der Waals surface area contributed by atoms with Crippen molar-refractivity contribution in [2.75, 3.05) is 0 Å². The second-order valence-corrected chi connectivity index (χ2v) is 75.1. The molecule has 332 valence electrons. The van der Waals surface area contributed by atoms with Gasteiger partial charge in [0.15, 0.2) is 2.14 Å². The molecule has 37 heteroatoms. The van der Waals surface area contributed by atoms with Crippen LogP contribution in [0.2, 0.25) is 0 Å². The van der Waals surface area contributed by atoms with Gasteiger partial charge in [0.1, 0.15) is 51.7 Å². The fourth-order valence-corrected chi connectivity index (χ4v) is 40.1. The van der Waals surface area contributed by atoms with Gasteiger partial charge in [-0.05, 0) is 0 Å². The third-order valence-corrected chi connectivity index (χ3v) is 85.2. The Labute approximate surface area is 630 Å². The average Bonchev–Trinajstić information content (AvgIpc) is 2.94. The summed E-state index contributed by atoms with van der Waals surface area (Å²) in [6.07, 6.45) is 0. The lowest BCUT2D eigenvalue weighted by Crippen LogP contribution is -2.74. The second-order valence-electron chi connectivity index (χ2n) is 10.0. The minimum atomic E-state index is -1.34. The van der Waals surface area contributed by atoms with Crippen molar-refractivity contribution in [3.8, 4) is 0 Å². The Balaban J connectivity index is 7.82. The smallest absolute Gasteiger partial charge is 0.0739 e. The standard InChI is InChI=1S/C18HBr37/c19-1(20)2(21,22)3(23,24)4(25,26)5(27,28)6(29,30)7(31,32)8(33,34)9(35,36)10(37,38)11(39,40)12(41,42)13(43,44)14(45,46)15(47,48)16(49,50)17(51,52)18(53,54)55/h1H. The number of halogens is 37. The van der Waals surface area contributed by atoms with Gasteiger partial charge in [-0.3, -0.25) is 0 Å². The molecule has 0 bridgehead atoms. The molecule has 0 aliphatic heterocycles. The summed E-state index contributed by atoms with van der Waals surface area (Å²) in [4.78, 5) is 0. The summed E-state index contributed by atoms with van der Waals surface area (Å²) < 4.78 is -20.7. The molecule has 0 nitrogen and oxygen atoms in total. The summed E-state index contributed by atoms with van der Waals surface area (Å²) in [5.74, 6) is 0. The van der Waals surface area contributed by atoms with E-state index >= 15 is 0 Å². The molecule has 0 aliphatic carbocycles. The maximum atomic E-state index is 4.04. The lowest BCUT2D eigenvalue weighted by molar-refractivity contribution is 0.521. The molecule has 0 atom stereocenters. The Morgan fingerprint density at radius 2 is 0.273 bits per heavy atom. The van der Waals surface area contributed by atoms with E-state index in [0.29, 0.717) is 0 Å². The van der Waals surface area contributed by atoms with E-state index in [2.05, 4.69) is 589 Å². The van der Waals surface area contributed by atoms with E-state index in [1.165, 1.54) is 0 Å². The van der Waals surface area contributed by atoms with Crippen LogP contribution < -0.4 is 0 Å². The zero-order valence-electron chi connectivity index (χ0n) is 23.1. The third-order valence-electron chi connectivity index (χ3n) is 6.57. The van der Waals surface area contributed by atoms with Crippen LogP contribution in [0, 0.1) is 0 Å². The molecule has 0 unspecified atom stereocenters. The molecule has 0 fully saturated rings. The average molecular weight is 3170 g/mol. The van der Waals surface area contributed by atoms with Gasteiger partial charge >= 0.3 is 0 Å². The second kappa shape index (κ2) is 23.8. The van der Waals surface area contributed by atoms with Gasteiger partial charge in [0.05, 0.1) is 3.74 Å². The van der Waals surface area contributed by atoms with Gasteiger partial charge in [-0.1, -0.05) is 589 Å². The molecule has 0 spiro atoms. The van der Waals surface area contributed by atoms with Crippen LogP contribution in [0.1, 0.15) is 0 Å². The molecule has 0 aromatic heterocycles. The predicted molar refractivity (Wildman–Crippen MR) is 381 cm³/mol. The van der Waals surface area contributed by atoms with Gasteiger partial charge in [-0.15, -0.1) is 0 Å². The van der Waals surface area contributed by atoms with Crippen LogP contribution in [-0.2, 0) is 0 Å². The van der Waals surface area contributed by atoms with E-state index in [4.69, 9.17) is 0 Å². The van der Waals surface area contributed by atoms with Crippen molar-refractivity contribution in [3.63, 3.8) is 0 Å². The first kappa shape index (κ1) is 72.8. The maximum absolute atomic E-state index is 4.04. The number of alkyl halides is 37. The Morgan fingerprint density at radius 3 is 0.382 bits per heavy atom. The van der Waals surface area contributed by atoms with E-state index in [0.717, 1.165) is 0 Å². The van der Waals surface area contributed by atoms with Crippen LogP contribution in [0.15, 0.2) is 0 Å². The molecule has 0 saturated carbocycles. The zero-order valence-corrected chi connectivity index (χ0v) is 81.7. The summed E-state index contributed by atoms with van der Waals surface area (Å²) in [5, 5.41) is 0. The molecule has 0 rings (SSSR count). The molecule has 0 N–H and O–H groups in total. The minimum Gasteiger partial charge on any atom is -0.0739 e. The molecule has 55 heavy (non-hydrogen) atoms. The van der Waals surface area contributed by atoms with E-state index in [9.17, 15) is 0 Å². The first-order valence-electron chi connectivity index (χ1n) is 11.3. The van der Waals surface area contributed by atoms with Crippen LogP contribution in [0.5, 0.6) is 0 Å². The summed E-state index contributed by atoms with van der Waals surface area (Å²) in [6, 6.07) is 0. The van der Waals surface area contributed by atoms with Gasteiger partial charge in [0.25, 0.3) is 0 Å². The highest BCUT2D eigenvalue weighted by Crippen LogP contribution is 2.84. The first-order valence-corrected chi connectivity index (χ1v) is 40.9. The molecule has 0 aromatic rings. The van der Waals surface area contributed by atoms with Crippen molar-refractivity contribution in [3.05, 3.63) is 0 Å². The summed E-state index contributed by atoms with van der Waals surface area (Å²) in [5.41, 5.74) is 0. The Bertz CT molecular complexity index is 1380. The fourth-order valence-electron chi connectivity index (χ4n) is 3.09. The zero-order chi connectivity index (χ0) is 46.1. The lowest BCUT2D eigenvalue weighted by Gasteiger charge is -2.62. The quantitative estimate of drug-likeness (QED) is 0.135. The topological polar surface area (TPSA) is 0 Å². The normalized spacial score (nSPS) is 17.3. The molecule has 0 aromatic carbocycles. The third kappa shape index (κ3) is 12.4. The summed E-state index contributed by atoms with van der Waals surface area (Å²) in [7, 11) is 0. The van der Waals surface area contributed by atoms with Crippen LogP contribution in [0.25, 0.3) is 0 Å². The number of rotatable bonds is 16. The van der Waals surface area contributed by atoms with Gasteiger partial charge < -0.3 is 0 Å². The molecule has 0 aliphatic rings. The first-order chi connectivity index (χ1) is 22.9. The molecular formula is C18HBr37. The minimum absolute atomic E-state index is 0.303. The molecule has 0 heterocycles. The largest absolute Gasteiger partial charge is 0.162 e.